The maximum absolute atomic E-state index is 6.13. The van der Waals surface area contributed by atoms with Crippen LogP contribution in [0.4, 0.5) is 5.69 Å². The van der Waals surface area contributed by atoms with Gasteiger partial charge in [-0.05, 0) is 33.8 Å². The van der Waals surface area contributed by atoms with E-state index in [9.17, 15) is 0 Å². The van der Waals surface area contributed by atoms with E-state index >= 15 is 0 Å². The smallest absolute Gasteiger partial charge is 0.398 e. The first-order valence-corrected chi connectivity index (χ1v) is 6.99. The molecular weight excluding hydrogens is 255 g/mol. The van der Waals surface area contributed by atoms with Crippen molar-refractivity contribution in [1.82, 2.24) is 4.98 Å². The molecule has 0 atom stereocenters. The Balaban J connectivity index is 1.97. The quantitative estimate of drug-likeness (QED) is 0.819. The first-order chi connectivity index (χ1) is 9.32. The van der Waals surface area contributed by atoms with Gasteiger partial charge in [-0.2, -0.15) is 0 Å². The van der Waals surface area contributed by atoms with Crippen molar-refractivity contribution in [2.75, 3.05) is 18.9 Å². The highest BCUT2D eigenvalue weighted by Crippen LogP contribution is 2.37. The Bertz CT molecular complexity index is 513. The zero-order valence-corrected chi connectivity index (χ0v) is 12.5. The zero-order chi connectivity index (χ0) is 14.5. The van der Waals surface area contributed by atoms with Crippen molar-refractivity contribution in [2.24, 2.45) is 0 Å². The van der Waals surface area contributed by atoms with Gasteiger partial charge in [0, 0.05) is 23.4 Å². The number of rotatable bonds is 2. The summed E-state index contributed by atoms with van der Waals surface area (Å²) in [5, 5.41) is 0. The Morgan fingerprint density at radius 3 is 2.30 bits per heavy atom. The molecule has 0 aliphatic carbocycles. The number of ether oxygens (including phenoxy) is 1. The Labute approximate surface area is 119 Å². The number of hydrogen-bond acceptors (Lipinski definition) is 5. The Hall–Kier alpha value is -1.11. The predicted octanol–water partition coefficient (Wildman–Crippen LogP) is 1.08. The van der Waals surface area contributed by atoms with E-state index in [-0.39, 0.29) is 17.1 Å². The molecule has 1 aromatic rings. The van der Waals surface area contributed by atoms with Crippen LogP contribution in [0.3, 0.4) is 0 Å². The molecule has 2 aliphatic heterocycles. The largest absolute Gasteiger partial charge is 0.514 e. The fourth-order valence-corrected chi connectivity index (χ4v) is 2.49. The minimum absolute atomic E-state index is 0.290. The summed E-state index contributed by atoms with van der Waals surface area (Å²) in [6.45, 7) is 9.50. The molecule has 1 aromatic heterocycles. The highest BCUT2D eigenvalue weighted by molar-refractivity contribution is 6.61. The van der Waals surface area contributed by atoms with E-state index in [0.717, 1.165) is 16.8 Å². The summed E-state index contributed by atoms with van der Waals surface area (Å²) in [5.41, 5.74) is 7.91. The van der Waals surface area contributed by atoms with Crippen LogP contribution in [-0.4, -0.2) is 36.5 Å². The van der Waals surface area contributed by atoms with E-state index in [1.807, 2.05) is 33.8 Å². The normalized spacial score (nSPS) is 24.7. The highest BCUT2D eigenvalue weighted by Gasteiger charge is 2.53. The number of aromatic nitrogens is 1. The molecule has 2 aliphatic rings. The van der Waals surface area contributed by atoms with Gasteiger partial charge in [0.2, 0.25) is 0 Å². The number of nitrogens with two attached hydrogens (primary N) is 1. The van der Waals surface area contributed by atoms with Crippen molar-refractivity contribution in [1.29, 1.82) is 0 Å². The highest BCUT2D eigenvalue weighted by atomic mass is 16.7. The summed E-state index contributed by atoms with van der Waals surface area (Å²) in [5.74, 6) is 0.290. The van der Waals surface area contributed by atoms with E-state index in [1.165, 1.54) is 0 Å². The molecule has 5 nitrogen and oxygen atoms in total. The number of nitrogen functional groups attached to an aromatic ring is 1. The average molecular weight is 276 g/mol. The third kappa shape index (κ3) is 2.03. The van der Waals surface area contributed by atoms with E-state index in [1.54, 1.807) is 6.20 Å². The Kier molecular flexibility index (Phi) is 3.08. The van der Waals surface area contributed by atoms with Crippen LogP contribution in [0.5, 0.6) is 0 Å². The molecule has 20 heavy (non-hydrogen) atoms. The fourth-order valence-electron chi connectivity index (χ4n) is 2.49. The molecule has 0 saturated carbocycles. The Morgan fingerprint density at radius 2 is 1.80 bits per heavy atom. The summed E-state index contributed by atoms with van der Waals surface area (Å²) in [6, 6.07) is 1.82. The van der Waals surface area contributed by atoms with E-state index in [2.05, 4.69) is 4.98 Å². The molecule has 108 valence electrons. The van der Waals surface area contributed by atoms with Crippen molar-refractivity contribution >= 4 is 18.4 Å². The van der Waals surface area contributed by atoms with Crippen LogP contribution in [0.2, 0.25) is 0 Å². The second-order valence-corrected chi connectivity index (χ2v) is 6.52. The zero-order valence-electron chi connectivity index (χ0n) is 12.5. The van der Waals surface area contributed by atoms with Crippen molar-refractivity contribution in [3.63, 3.8) is 0 Å². The molecule has 0 spiro atoms. The number of anilines is 1. The SMILES string of the molecule is CC1(C)OB(c2nccc(N)c2C2COC2)OC1(C)C. The van der Waals surface area contributed by atoms with Gasteiger partial charge >= 0.3 is 7.12 Å². The number of nitrogens with zero attached hydrogens (tertiary/aromatic N) is 1. The molecule has 2 fully saturated rings. The summed E-state index contributed by atoms with van der Waals surface area (Å²) in [6.07, 6.45) is 1.71. The lowest BCUT2D eigenvalue weighted by molar-refractivity contribution is 0.00578. The van der Waals surface area contributed by atoms with E-state index < -0.39 is 7.12 Å². The maximum Gasteiger partial charge on any atom is 0.514 e. The minimum atomic E-state index is -0.473. The van der Waals surface area contributed by atoms with Crippen molar-refractivity contribution in [2.45, 2.75) is 44.8 Å². The van der Waals surface area contributed by atoms with Gasteiger partial charge in [0.15, 0.2) is 0 Å². The van der Waals surface area contributed by atoms with Gasteiger partial charge in [0.1, 0.15) is 0 Å². The predicted molar refractivity (Wildman–Crippen MR) is 77.9 cm³/mol. The second kappa shape index (κ2) is 4.45. The van der Waals surface area contributed by atoms with Gasteiger partial charge < -0.3 is 19.8 Å². The minimum Gasteiger partial charge on any atom is -0.398 e. The van der Waals surface area contributed by atoms with Gasteiger partial charge in [0.25, 0.3) is 0 Å². The maximum atomic E-state index is 6.13. The van der Waals surface area contributed by atoms with E-state index in [0.29, 0.717) is 13.2 Å². The monoisotopic (exact) mass is 276 g/mol. The molecule has 2 N–H and O–H groups in total. The van der Waals surface area contributed by atoms with Crippen molar-refractivity contribution < 1.29 is 14.0 Å². The lowest BCUT2D eigenvalue weighted by atomic mass is 9.76. The molecule has 0 aromatic carbocycles. The third-order valence-corrected chi connectivity index (χ3v) is 4.58. The molecular formula is C14H21BN2O3. The number of hydrogen-bond donors (Lipinski definition) is 1. The molecule has 3 heterocycles. The fraction of sp³-hybridized carbons (Fsp3) is 0.643. The molecule has 0 unspecified atom stereocenters. The summed E-state index contributed by atoms with van der Waals surface area (Å²) < 4.78 is 17.4. The molecule has 0 bridgehead atoms. The molecule has 0 amide bonds. The molecule has 2 saturated heterocycles. The van der Waals surface area contributed by atoms with Gasteiger partial charge in [0.05, 0.1) is 30.0 Å². The lowest BCUT2D eigenvalue weighted by Crippen LogP contribution is -2.43. The molecule has 3 rings (SSSR count). The van der Waals surface area contributed by atoms with Crippen LogP contribution >= 0.6 is 0 Å². The summed E-state index contributed by atoms with van der Waals surface area (Å²) >= 11 is 0. The van der Waals surface area contributed by atoms with Crippen LogP contribution in [0.1, 0.15) is 39.2 Å². The van der Waals surface area contributed by atoms with Crippen LogP contribution in [0.15, 0.2) is 12.3 Å². The average Bonchev–Trinajstić information content (AvgIpc) is 2.48. The van der Waals surface area contributed by atoms with Crippen LogP contribution in [0.25, 0.3) is 0 Å². The summed E-state index contributed by atoms with van der Waals surface area (Å²) in [4.78, 5) is 4.47. The van der Waals surface area contributed by atoms with Crippen LogP contribution < -0.4 is 11.3 Å². The van der Waals surface area contributed by atoms with Crippen LogP contribution in [-0.2, 0) is 14.0 Å². The lowest BCUT2D eigenvalue weighted by Gasteiger charge is -2.32. The molecule has 6 heteroatoms. The Morgan fingerprint density at radius 1 is 1.20 bits per heavy atom. The van der Waals surface area contributed by atoms with Crippen molar-refractivity contribution in [3.05, 3.63) is 17.8 Å². The van der Waals surface area contributed by atoms with Crippen LogP contribution in [0, 0.1) is 0 Å². The second-order valence-electron chi connectivity index (χ2n) is 6.52. The molecule has 0 radical (unpaired) electrons. The third-order valence-electron chi connectivity index (χ3n) is 4.58. The first kappa shape index (κ1) is 13.9. The van der Waals surface area contributed by atoms with Gasteiger partial charge in [-0.3, -0.25) is 4.98 Å². The standard InChI is InChI=1S/C14H21BN2O3/c1-13(2)14(3,4)20-15(19-13)12-11(9-7-18-8-9)10(16)5-6-17-12/h5-6,9H,7-8H2,1-4H3,(H2,16,17). The summed E-state index contributed by atoms with van der Waals surface area (Å²) in [7, 11) is -0.473. The van der Waals surface area contributed by atoms with E-state index in [4.69, 9.17) is 19.8 Å². The first-order valence-electron chi connectivity index (χ1n) is 6.99. The topological polar surface area (TPSA) is 66.6 Å². The van der Waals surface area contributed by atoms with Crippen molar-refractivity contribution in [3.8, 4) is 0 Å². The van der Waals surface area contributed by atoms with Gasteiger partial charge in [-0.15, -0.1) is 0 Å². The number of pyridine rings is 1. The van der Waals surface area contributed by atoms with Gasteiger partial charge in [-0.1, -0.05) is 0 Å². The van der Waals surface area contributed by atoms with Gasteiger partial charge in [-0.25, -0.2) is 0 Å².